The molecule has 1 aromatic rings. The molecule has 6 nitrogen and oxygen atoms in total. The summed E-state index contributed by atoms with van der Waals surface area (Å²) < 4.78 is 13.4. The van der Waals surface area contributed by atoms with Crippen molar-refractivity contribution in [3.8, 4) is 0 Å². The Labute approximate surface area is 120 Å². The lowest BCUT2D eigenvalue weighted by molar-refractivity contribution is -0.112. The smallest absolute Gasteiger partial charge is 0.0932 e. The van der Waals surface area contributed by atoms with Crippen LogP contribution < -0.4 is 5.32 Å². The molecule has 1 aliphatic rings. The molecule has 1 N–H and O–H groups in total. The fourth-order valence-corrected chi connectivity index (χ4v) is 2.97. The van der Waals surface area contributed by atoms with Crippen LogP contribution in [0.5, 0.6) is 0 Å². The Morgan fingerprint density at radius 3 is 2.80 bits per heavy atom. The number of nitrogens with one attached hydrogen (secondary N) is 1. The number of nitrogens with zero attached hydrogens (tertiary/aromatic N) is 3. The molecule has 0 radical (unpaired) electrons. The van der Waals surface area contributed by atoms with Crippen molar-refractivity contribution in [2.75, 3.05) is 26.9 Å². The van der Waals surface area contributed by atoms with Gasteiger partial charge in [0.15, 0.2) is 0 Å². The molecular formula is C14H26N4O2. The Balaban J connectivity index is 2.30. The second kappa shape index (κ2) is 7.15. The predicted octanol–water partition coefficient (Wildman–Crippen LogP) is 1.53. The van der Waals surface area contributed by atoms with Gasteiger partial charge < -0.3 is 14.8 Å². The highest BCUT2D eigenvalue weighted by Gasteiger charge is 2.42. The van der Waals surface area contributed by atoms with Crippen LogP contribution in [0.15, 0.2) is 6.20 Å². The van der Waals surface area contributed by atoms with Gasteiger partial charge in [-0.05, 0) is 13.0 Å². The van der Waals surface area contributed by atoms with Crippen LogP contribution in [0, 0.1) is 0 Å². The van der Waals surface area contributed by atoms with Crippen molar-refractivity contribution in [3.05, 3.63) is 11.9 Å². The molecule has 114 valence electrons. The topological polar surface area (TPSA) is 61.2 Å². The SMILES string of the molecule is CCCn1nncc1C(NCC)C1(OC)CCOCC1. The number of rotatable bonds is 7. The summed E-state index contributed by atoms with van der Waals surface area (Å²) in [5, 5.41) is 11.9. The minimum absolute atomic E-state index is 0.1000. The van der Waals surface area contributed by atoms with E-state index in [0.29, 0.717) is 0 Å². The van der Waals surface area contributed by atoms with Crippen LogP contribution in [0.3, 0.4) is 0 Å². The quantitative estimate of drug-likeness (QED) is 0.822. The van der Waals surface area contributed by atoms with Crippen molar-refractivity contribution in [2.45, 2.75) is 51.3 Å². The second-order valence-electron chi connectivity index (χ2n) is 5.25. The number of likely N-dealkylation sites (N-methyl/N-ethyl adjacent to an activating group) is 1. The maximum Gasteiger partial charge on any atom is 0.0932 e. The van der Waals surface area contributed by atoms with E-state index in [1.165, 1.54) is 0 Å². The predicted molar refractivity (Wildman–Crippen MR) is 76.5 cm³/mol. The van der Waals surface area contributed by atoms with Crippen molar-refractivity contribution >= 4 is 0 Å². The lowest BCUT2D eigenvalue weighted by Gasteiger charge is -2.42. The lowest BCUT2D eigenvalue weighted by Crippen LogP contribution is -2.50. The van der Waals surface area contributed by atoms with E-state index in [1.54, 1.807) is 7.11 Å². The number of ether oxygens (including phenoxy) is 2. The van der Waals surface area contributed by atoms with Crippen LogP contribution in [-0.4, -0.2) is 47.5 Å². The summed E-state index contributed by atoms with van der Waals surface area (Å²) in [6.07, 6.45) is 4.68. The van der Waals surface area contributed by atoms with Gasteiger partial charge in [0.2, 0.25) is 0 Å². The van der Waals surface area contributed by atoms with E-state index in [2.05, 4.69) is 29.5 Å². The van der Waals surface area contributed by atoms with E-state index >= 15 is 0 Å². The summed E-state index contributed by atoms with van der Waals surface area (Å²) >= 11 is 0. The van der Waals surface area contributed by atoms with E-state index < -0.39 is 0 Å². The third kappa shape index (κ3) is 3.02. The average Bonchev–Trinajstić information content (AvgIpc) is 2.94. The molecule has 6 heteroatoms. The molecule has 0 amide bonds. The van der Waals surface area contributed by atoms with E-state index in [4.69, 9.17) is 9.47 Å². The fraction of sp³-hybridized carbons (Fsp3) is 0.857. The Morgan fingerprint density at radius 1 is 1.45 bits per heavy atom. The molecule has 0 aromatic carbocycles. The summed E-state index contributed by atoms with van der Waals surface area (Å²) in [4.78, 5) is 0. The largest absolute Gasteiger partial charge is 0.381 e. The number of methoxy groups -OCH3 is 1. The zero-order valence-corrected chi connectivity index (χ0v) is 12.8. The molecule has 0 aliphatic carbocycles. The van der Waals surface area contributed by atoms with E-state index in [9.17, 15) is 0 Å². The van der Waals surface area contributed by atoms with E-state index in [-0.39, 0.29) is 11.6 Å². The first kappa shape index (κ1) is 15.4. The van der Waals surface area contributed by atoms with Crippen LogP contribution in [-0.2, 0) is 16.0 Å². The first-order valence-corrected chi connectivity index (χ1v) is 7.52. The monoisotopic (exact) mass is 282 g/mol. The zero-order chi connectivity index (χ0) is 14.4. The molecular weight excluding hydrogens is 256 g/mol. The lowest BCUT2D eigenvalue weighted by atomic mass is 9.84. The maximum atomic E-state index is 5.94. The molecule has 0 saturated carbocycles. The van der Waals surface area contributed by atoms with E-state index in [1.807, 2.05) is 10.9 Å². The molecule has 1 aromatic heterocycles. The van der Waals surface area contributed by atoms with E-state index in [0.717, 1.165) is 51.3 Å². The summed E-state index contributed by atoms with van der Waals surface area (Å²) in [7, 11) is 1.80. The van der Waals surface area contributed by atoms with Gasteiger partial charge in [0.05, 0.1) is 23.5 Å². The molecule has 0 bridgehead atoms. The fourth-order valence-electron chi connectivity index (χ4n) is 2.97. The van der Waals surface area contributed by atoms with Gasteiger partial charge in [0.1, 0.15) is 0 Å². The molecule has 1 fully saturated rings. The summed E-state index contributed by atoms with van der Waals surface area (Å²) in [5.74, 6) is 0. The Hall–Kier alpha value is -0.980. The van der Waals surface area contributed by atoms with Crippen LogP contribution in [0.1, 0.15) is 44.8 Å². The summed E-state index contributed by atoms with van der Waals surface area (Å²) in [6.45, 7) is 7.51. The maximum absolute atomic E-state index is 5.94. The number of aryl methyl sites for hydroxylation is 1. The molecule has 2 heterocycles. The third-order valence-electron chi connectivity index (χ3n) is 4.06. The third-order valence-corrected chi connectivity index (χ3v) is 4.06. The first-order valence-electron chi connectivity index (χ1n) is 7.52. The second-order valence-corrected chi connectivity index (χ2v) is 5.25. The molecule has 0 spiro atoms. The molecule has 1 unspecified atom stereocenters. The molecule has 1 saturated heterocycles. The zero-order valence-electron chi connectivity index (χ0n) is 12.8. The minimum atomic E-state index is -0.235. The van der Waals surface area contributed by atoms with Crippen molar-refractivity contribution in [3.63, 3.8) is 0 Å². The van der Waals surface area contributed by atoms with Crippen LogP contribution in [0.4, 0.5) is 0 Å². The summed E-state index contributed by atoms with van der Waals surface area (Å²) in [6, 6.07) is 0.1000. The van der Waals surface area contributed by atoms with Gasteiger partial charge in [-0.2, -0.15) is 0 Å². The first-order chi connectivity index (χ1) is 9.77. The van der Waals surface area contributed by atoms with Crippen LogP contribution in [0.2, 0.25) is 0 Å². The van der Waals surface area contributed by atoms with Crippen molar-refractivity contribution in [1.82, 2.24) is 20.3 Å². The van der Waals surface area contributed by atoms with Gasteiger partial charge in [0.25, 0.3) is 0 Å². The normalized spacial score (nSPS) is 19.9. The van der Waals surface area contributed by atoms with Crippen molar-refractivity contribution in [1.29, 1.82) is 0 Å². The number of aromatic nitrogens is 3. The van der Waals surface area contributed by atoms with Gasteiger partial charge in [0, 0.05) is 39.7 Å². The number of hydrogen-bond acceptors (Lipinski definition) is 5. The standard InChI is InChI=1S/C14H26N4O2/c1-4-8-18-12(11-16-17-18)13(15-5-2)14(19-3)6-9-20-10-7-14/h11,13,15H,4-10H2,1-3H3. The molecule has 1 atom stereocenters. The van der Waals surface area contributed by atoms with Gasteiger partial charge >= 0.3 is 0 Å². The Morgan fingerprint density at radius 2 is 2.20 bits per heavy atom. The van der Waals surface area contributed by atoms with Gasteiger partial charge in [-0.25, -0.2) is 4.68 Å². The average molecular weight is 282 g/mol. The highest BCUT2D eigenvalue weighted by atomic mass is 16.5. The Kier molecular flexibility index (Phi) is 5.51. The van der Waals surface area contributed by atoms with Gasteiger partial charge in [-0.15, -0.1) is 5.10 Å². The minimum Gasteiger partial charge on any atom is -0.381 e. The molecule has 1 aliphatic heterocycles. The number of hydrogen-bond donors (Lipinski definition) is 1. The Bertz CT molecular complexity index is 402. The molecule has 20 heavy (non-hydrogen) atoms. The highest BCUT2D eigenvalue weighted by Crippen LogP contribution is 2.37. The highest BCUT2D eigenvalue weighted by molar-refractivity contribution is 5.11. The van der Waals surface area contributed by atoms with Crippen molar-refractivity contribution in [2.24, 2.45) is 0 Å². The van der Waals surface area contributed by atoms with Crippen LogP contribution in [0.25, 0.3) is 0 Å². The van der Waals surface area contributed by atoms with Gasteiger partial charge in [-0.3, -0.25) is 0 Å². The van der Waals surface area contributed by atoms with Crippen LogP contribution >= 0.6 is 0 Å². The summed E-state index contributed by atoms with van der Waals surface area (Å²) in [5.41, 5.74) is 0.874. The molecule has 2 rings (SSSR count). The van der Waals surface area contributed by atoms with Gasteiger partial charge in [-0.1, -0.05) is 19.1 Å². The van der Waals surface area contributed by atoms with Crippen molar-refractivity contribution < 1.29 is 9.47 Å².